The van der Waals surface area contributed by atoms with Gasteiger partial charge in [0.2, 0.25) is 10.0 Å². The summed E-state index contributed by atoms with van der Waals surface area (Å²) in [6, 6.07) is 3.64. The molecule has 18 heavy (non-hydrogen) atoms. The van der Waals surface area contributed by atoms with E-state index in [2.05, 4.69) is 20.7 Å². The zero-order valence-corrected chi connectivity index (χ0v) is 12.1. The normalized spacial score (nSPS) is 19.6. The lowest BCUT2D eigenvalue weighted by Gasteiger charge is -2.35. The SMILES string of the molecule is O=S(=O)(NC1CC(F)(F)C1)c1cccc(Cl)c1Br. The van der Waals surface area contributed by atoms with Crippen LogP contribution in [0, 0.1) is 0 Å². The summed E-state index contributed by atoms with van der Waals surface area (Å²) in [5, 5.41) is 0.247. The Labute approximate surface area is 117 Å². The van der Waals surface area contributed by atoms with Crippen molar-refractivity contribution in [2.45, 2.75) is 29.7 Å². The van der Waals surface area contributed by atoms with E-state index in [1.54, 1.807) is 0 Å². The minimum Gasteiger partial charge on any atom is -0.208 e. The molecule has 0 atom stereocenters. The number of hydrogen-bond acceptors (Lipinski definition) is 2. The molecule has 0 spiro atoms. The summed E-state index contributed by atoms with van der Waals surface area (Å²) in [6.45, 7) is 0. The number of nitrogens with one attached hydrogen (secondary N) is 1. The standard InChI is InChI=1S/C10H9BrClF2NO2S/c11-9-7(12)2-1-3-8(9)18(16,17)15-6-4-10(13,14)5-6/h1-3,6,15H,4-5H2. The summed E-state index contributed by atoms with van der Waals surface area (Å²) >= 11 is 8.86. The van der Waals surface area contributed by atoms with E-state index in [1.165, 1.54) is 18.2 Å². The van der Waals surface area contributed by atoms with Gasteiger partial charge in [0.1, 0.15) is 0 Å². The second kappa shape index (κ2) is 4.70. The highest BCUT2D eigenvalue weighted by atomic mass is 79.9. The van der Waals surface area contributed by atoms with Crippen LogP contribution >= 0.6 is 27.5 Å². The number of hydrogen-bond donors (Lipinski definition) is 1. The van der Waals surface area contributed by atoms with E-state index in [-0.39, 0.29) is 14.4 Å². The molecule has 3 nitrogen and oxygen atoms in total. The lowest BCUT2D eigenvalue weighted by atomic mass is 9.89. The Morgan fingerprint density at radius 2 is 2.00 bits per heavy atom. The van der Waals surface area contributed by atoms with Gasteiger partial charge in [-0.05, 0) is 28.1 Å². The molecule has 0 aromatic heterocycles. The minimum absolute atomic E-state index is 0.0507. The van der Waals surface area contributed by atoms with Gasteiger partial charge >= 0.3 is 0 Å². The Morgan fingerprint density at radius 3 is 2.56 bits per heavy atom. The molecule has 0 aliphatic heterocycles. The lowest BCUT2D eigenvalue weighted by Crippen LogP contribution is -2.50. The molecule has 1 N–H and O–H groups in total. The number of rotatable bonds is 3. The van der Waals surface area contributed by atoms with E-state index < -0.39 is 34.8 Å². The first-order valence-electron chi connectivity index (χ1n) is 5.05. The largest absolute Gasteiger partial charge is 0.251 e. The zero-order chi connectivity index (χ0) is 13.6. The molecule has 100 valence electrons. The van der Waals surface area contributed by atoms with Crippen LogP contribution < -0.4 is 4.72 Å². The van der Waals surface area contributed by atoms with Crippen LogP contribution in [-0.2, 0) is 10.0 Å². The van der Waals surface area contributed by atoms with E-state index in [1.807, 2.05) is 0 Å². The van der Waals surface area contributed by atoms with Gasteiger partial charge in [0.15, 0.2) is 0 Å². The summed E-state index contributed by atoms with van der Waals surface area (Å²) in [5.41, 5.74) is 0. The highest BCUT2D eigenvalue weighted by Gasteiger charge is 2.47. The smallest absolute Gasteiger partial charge is 0.208 e. The van der Waals surface area contributed by atoms with Crippen LogP contribution in [0.1, 0.15) is 12.8 Å². The van der Waals surface area contributed by atoms with Crippen molar-refractivity contribution in [2.75, 3.05) is 0 Å². The predicted octanol–water partition coefficient (Wildman–Crippen LogP) is 3.18. The first kappa shape index (κ1) is 14.2. The van der Waals surface area contributed by atoms with Crippen molar-refractivity contribution < 1.29 is 17.2 Å². The van der Waals surface area contributed by atoms with Gasteiger partial charge in [-0.3, -0.25) is 0 Å². The fourth-order valence-corrected chi connectivity index (χ4v) is 4.19. The van der Waals surface area contributed by atoms with Crippen molar-refractivity contribution in [1.82, 2.24) is 4.72 Å². The van der Waals surface area contributed by atoms with E-state index in [9.17, 15) is 17.2 Å². The maximum absolute atomic E-state index is 12.6. The van der Waals surface area contributed by atoms with Crippen molar-refractivity contribution in [2.24, 2.45) is 0 Å². The molecule has 0 saturated heterocycles. The summed E-state index contributed by atoms with van der Waals surface area (Å²) in [5.74, 6) is -2.77. The number of benzene rings is 1. The molecule has 0 unspecified atom stereocenters. The van der Waals surface area contributed by atoms with Crippen molar-refractivity contribution in [3.8, 4) is 0 Å². The highest BCUT2D eigenvalue weighted by molar-refractivity contribution is 9.10. The van der Waals surface area contributed by atoms with Crippen molar-refractivity contribution in [3.63, 3.8) is 0 Å². The average Bonchev–Trinajstić information content (AvgIpc) is 2.18. The van der Waals surface area contributed by atoms with Crippen LogP contribution in [0.3, 0.4) is 0 Å². The maximum atomic E-state index is 12.6. The van der Waals surface area contributed by atoms with Gasteiger partial charge in [0, 0.05) is 18.9 Å². The summed E-state index contributed by atoms with van der Waals surface area (Å²) in [4.78, 5) is -0.0507. The Bertz CT molecular complexity index is 571. The van der Waals surface area contributed by atoms with E-state index in [0.717, 1.165) is 0 Å². The first-order valence-corrected chi connectivity index (χ1v) is 7.71. The van der Waals surface area contributed by atoms with E-state index >= 15 is 0 Å². The van der Waals surface area contributed by atoms with Gasteiger partial charge in [-0.2, -0.15) is 0 Å². The van der Waals surface area contributed by atoms with Crippen molar-refractivity contribution in [1.29, 1.82) is 0 Å². The molecule has 2 rings (SSSR count). The van der Waals surface area contributed by atoms with Gasteiger partial charge in [-0.15, -0.1) is 0 Å². The molecule has 0 radical (unpaired) electrons. The fraction of sp³-hybridized carbons (Fsp3) is 0.400. The monoisotopic (exact) mass is 359 g/mol. The molecule has 0 amide bonds. The minimum atomic E-state index is -3.84. The second-order valence-corrected chi connectivity index (χ2v) is 7.02. The van der Waals surface area contributed by atoms with Crippen molar-refractivity contribution in [3.05, 3.63) is 27.7 Å². The molecule has 1 aromatic rings. The molecule has 0 bridgehead atoms. The molecule has 1 fully saturated rings. The third-order valence-corrected chi connectivity index (χ3v) is 5.84. The maximum Gasteiger partial charge on any atom is 0.251 e. The van der Waals surface area contributed by atoms with Gasteiger partial charge in [0.05, 0.1) is 14.4 Å². The van der Waals surface area contributed by atoms with Gasteiger partial charge < -0.3 is 0 Å². The van der Waals surface area contributed by atoms with Crippen LogP contribution in [-0.4, -0.2) is 20.4 Å². The molecule has 1 aliphatic carbocycles. The number of alkyl halides is 2. The fourth-order valence-electron chi connectivity index (χ4n) is 1.72. The molecule has 1 aliphatic rings. The summed E-state index contributed by atoms with van der Waals surface area (Å²) in [6.07, 6.45) is -0.936. The van der Waals surface area contributed by atoms with E-state index in [0.29, 0.717) is 0 Å². The Kier molecular flexibility index (Phi) is 3.70. The zero-order valence-electron chi connectivity index (χ0n) is 8.96. The molecule has 1 saturated carbocycles. The Morgan fingerprint density at radius 1 is 1.39 bits per heavy atom. The van der Waals surface area contributed by atoms with Crippen LogP contribution in [0.25, 0.3) is 0 Å². The Hall–Kier alpha value is -0.240. The number of sulfonamides is 1. The third kappa shape index (κ3) is 2.84. The first-order chi connectivity index (χ1) is 8.21. The predicted molar refractivity (Wildman–Crippen MR) is 67.4 cm³/mol. The molecule has 1 aromatic carbocycles. The second-order valence-electron chi connectivity index (χ2n) is 4.13. The van der Waals surface area contributed by atoms with Crippen LogP contribution in [0.2, 0.25) is 5.02 Å². The molecular weight excluding hydrogens is 352 g/mol. The summed E-state index contributed by atoms with van der Waals surface area (Å²) < 4.78 is 51.7. The molecule has 0 heterocycles. The van der Waals surface area contributed by atoms with Crippen molar-refractivity contribution >= 4 is 37.6 Å². The third-order valence-electron chi connectivity index (χ3n) is 2.62. The van der Waals surface area contributed by atoms with E-state index in [4.69, 9.17) is 11.6 Å². The van der Waals surface area contributed by atoms with Gasteiger partial charge in [0.25, 0.3) is 5.92 Å². The average molecular weight is 361 g/mol. The highest BCUT2D eigenvalue weighted by Crippen LogP contribution is 2.38. The van der Waals surface area contributed by atoms with Gasteiger partial charge in [-0.25, -0.2) is 21.9 Å². The lowest BCUT2D eigenvalue weighted by molar-refractivity contribution is -0.0876. The van der Waals surface area contributed by atoms with Gasteiger partial charge in [-0.1, -0.05) is 17.7 Å². The quantitative estimate of drug-likeness (QED) is 0.900. The summed E-state index contributed by atoms with van der Waals surface area (Å²) in [7, 11) is -3.84. The number of halogens is 4. The molecule has 8 heteroatoms. The Balaban J connectivity index is 2.19. The molecular formula is C10H9BrClF2NO2S. The van der Waals surface area contributed by atoms with Crippen LogP contribution in [0.4, 0.5) is 8.78 Å². The van der Waals surface area contributed by atoms with Crippen LogP contribution in [0.5, 0.6) is 0 Å². The topological polar surface area (TPSA) is 46.2 Å². The van der Waals surface area contributed by atoms with Crippen LogP contribution in [0.15, 0.2) is 27.6 Å².